The third kappa shape index (κ3) is 2.74. The van der Waals surface area contributed by atoms with Gasteiger partial charge >= 0.3 is 0 Å². The number of pyridine rings is 1. The molecule has 1 aromatic carbocycles. The molecule has 0 N–H and O–H groups in total. The lowest BCUT2D eigenvalue weighted by molar-refractivity contribution is 1.32. The van der Waals surface area contributed by atoms with Crippen LogP contribution in [0.2, 0.25) is 0 Å². The molecule has 0 unspecified atom stereocenters. The molecule has 74 valence electrons. The van der Waals surface area contributed by atoms with E-state index in [9.17, 15) is 0 Å². The van der Waals surface area contributed by atoms with Crippen LogP contribution in [-0.2, 0) is 0 Å². The molecule has 2 heteroatoms. The highest BCUT2D eigenvalue weighted by Gasteiger charge is 1.88. The summed E-state index contributed by atoms with van der Waals surface area (Å²) in [5, 5.41) is 0. The van der Waals surface area contributed by atoms with E-state index in [2.05, 4.69) is 29.0 Å². The molecule has 15 heavy (non-hydrogen) atoms. The lowest BCUT2D eigenvalue weighted by Crippen LogP contribution is -1.80. The van der Waals surface area contributed by atoms with Gasteiger partial charge in [-0.05, 0) is 25.1 Å². The Balaban J connectivity index is 2.15. The Hall–Kier alpha value is -1.96. The van der Waals surface area contributed by atoms with Crippen molar-refractivity contribution in [3.63, 3.8) is 0 Å². The lowest BCUT2D eigenvalue weighted by Gasteiger charge is -1.94. The molecule has 1 heterocycles. The maximum absolute atomic E-state index is 4.35. The van der Waals surface area contributed by atoms with E-state index >= 15 is 0 Å². The predicted octanol–water partition coefficient (Wildman–Crippen LogP) is 3.14. The van der Waals surface area contributed by atoms with Crippen molar-refractivity contribution in [2.75, 3.05) is 0 Å². The molecule has 2 nitrogen and oxygen atoms in total. The Bertz CT molecular complexity index is 444. The number of aromatic nitrogens is 1. The van der Waals surface area contributed by atoms with E-state index in [0.717, 1.165) is 11.3 Å². The van der Waals surface area contributed by atoms with Gasteiger partial charge in [0.25, 0.3) is 0 Å². The van der Waals surface area contributed by atoms with Gasteiger partial charge in [0.2, 0.25) is 0 Å². The zero-order valence-corrected chi connectivity index (χ0v) is 8.59. The summed E-state index contributed by atoms with van der Waals surface area (Å²) in [6.07, 6.45) is 5.36. The second kappa shape index (κ2) is 4.51. The molecule has 0 saturated carbocycles. The maximum atomic E-state index is 4.35. The summed E-state index contributed by atoms with van der Waals surface area (Å²) < 4.78 is 0. The topological polar surface area (TPSA) is 25.2 Å². The molecule has 0 spiro atoms. The van der Waals surface area contributed by atoms with Crippen LogP contribution in [0, 0.1) is 6.92 Å². The summed E-state index contributed by atoms with van der Waals surface area (Å²) >= 11 is 0. The molecule has 0 aliphatic carbocycles. The number of nitrogens with zero attached hydrogens (tertiary/aromatic N) is 2. The molecular weight excluding hydrogens is 184 g/mol. The van der Waals surface area contributed by atoms with Gasteiger partial charge in [0.15, 0.2) is 0 Å². The van der Waals surface area contributed by atoms with Crippen molar-refractivity contribution < 1.29 is 0 Å². The summed E-state index contributed by atoms with van der Waals surface area (Å²) in [6.45, 7) is 2.06. The van der Waals surface area contributed by atoms with E-state index in [1.54, 1.807) is 12.4 Å². The molecule has 2 rings (SSSR count). The number of hydrogen-bond donors (Lipinski definition) is 0. The Morgan fingerprint density at radius 1 is 1.13 bits per heavy atom. The van der Waals surface area contributed by atoms with Crippen LogP contribution in [0.25, 0.3) is 0 Å². The summed E-state index contributed by atoms with van der Waals surface area (Å²) in [5.41, 5.74) is 3.22. The maximum Gasteiger partial charge on any atom is 0.0630 e. The summed E-state index contributed by atoms with van der Waals surface area (Å²) in [7, 11) is 0. The summed E-state index contributed by atoms with van der Waals surface area (Å²) in [5.74, 6) is 0. The minimum Gasteiger partial charge on any atom is -0.264 e. The average Bonchev–Trinajstić information content (AvgIpc) is 2.30. The number of hydrogen-bond acceptors (Lipinski definition) is 2. The van der Waals surface area contributed by atoms with Crippen molar-refractivity contribution in [2.45, 2.75) is 6.92 Å². The lowest BCUT2D eigenvalue weighted by atomic mass is 10.2. The van der Waals surface area contributed by atoms with Gasteiger partial charge in [-0.25, -0.2) is 0 Å². The van der Waals surface area contributed by atoms with Gasteiger partial charge in [-0.2, -0.15) is 0 Å². The van der Waals surface area contributed by atoms with Crippen molar-refractivity contribution in [2.24, 2.45) is 4.99 Å². The Labute approximate surface area is 89.3 Å². The minimum absolute atomic E-state index is 0.962. The van der Waals surface area contributed by atoms with E-state index in [1.165, 1.54) is 5.56 Å². The fraction of sp³-hybridized carbons (Fsp3) is 0.0769. The van der Waals surface area contributed by atoms with Gasteiger partial charge in [0.05, 0.1) is 5.69 Å². The van der Waals surface area contributed by atoms with Gasteiger partial charge in [-0.15, -0.1) is 0 Å². The number of benzene rings is 1. The number of aryl methyl sites for hydroxylation is 1. The van der Waals surface area contributed by atoms with Crippen molar-refractivity contribution in [1.29, 1.82) is 0 Å². The third-order valence-electron chi connectivity index (χ3n) is 2.08. The summed E-state index contributed by atoms with van der Waals surface area (Å²) in [4.78, 5) is 8.37. The molecule has 2 aromatic rings. The van der Waals surface area contributed by atoms with Crippen LogP contribution >= 0.6 is 0 Å². The molecule has 0 fully saturated rings. The largest absolute Gasteiger partial charge is 0.264 e. The standard InChI is InChI=1S/C13H12N2/c1-11-4-6-13(7-5-11)15-10-12-3-2-8-14-9-12/h2-10H,1H3. The van der Waals surface area contributed by atoms with Crippen molar-refractivity contribution in [3.05, 3.63) is 59.9 Å². The van der Waals surface area contributed by atoms with E-state index < -0.39 is 0 Å². The second-order valence-corrected chi connectivity index (χ2v) is 3.38. The Morgan fingerprint density at radius 3 is 2.60 bits per heavy atom. The van der Waals surface area contributed by atoms with Crippen molar-refractivity contribution in [1.82, 2.24) is 4.98 Å². The predicted molar refractivity (Wildman–Crippen MR) is 62.7 cm³/mol. The molecule has 0 atom stereocenters. The monoisotopic (exact) mass is 196 g/mol. The Kier molecular flexibility index (Phi) is 2.88. The highest BCUT2D eigenvalue weighted by Crippen LogP contribution is 2.12. The van der Waals surface area contributed by atoms with Crippen LogP contribution in [0.4, 0.5) is 5.69 Å². The fourth-order valence-corrected chi connectivity index (χ4v) is 1.23. The average molecular weight is 196 g/mol. The molecule has 0 amide bonds. The molecule has 0 saturated heterocycles. The van der Waals surface area contributed by atoms with Gasteiger partial charge < -0.3 is 0 Å². The van der Waals surface area contributed by atoms with Crippen molar-refractivity contribution >= 4 is 11.9 Å². The number of aliphatic imine (C=N–C) groups is 1. The highest BCUT2D eigenvalue weighted by molar-refractivity contribution is 5.81. The molecule has 0 radical (unpaired) electrons. The first-order valence-corrected chi connectivity index (χ1v) is 4.85. The second-order valence-electron chi connectivity index (χ2n) is 3.38. The first-order valence-electron chi connectivity index (χ1n) is 4.85. The Morgan fingerprint density at radius 2 is 1.93 bits per heavy atom. The first kappa shape index (κ1) is 9.59. The van der Waals surface area contributed by atoms with Gasteiger partial charge in [0, 0.05) is 24.2 Å². The van der Waals surface area contributed by atoms with Crippen LogP contribution in [-0.4, -0.2) is 11.2 Å². The SMILES string of the molecule is Cc1ccc(N=Cc2cccnc2)cc1. The third-order valence-corrected chi connectivity index (χ3v) is 2.08. The molecule has 1 aromatic heterocycles. The fourth-order valence-electron chi connectivity index (χ4n) is 1.23. The molecular formula is C13H12N2. The molecule has 0 aliphatic heterocycles. The summed E-state index contributed by atoms with van der Waals surface area (Å²) in [6, 6.07) is 12.0. The zero-order chi connectivity index (χ0) is 10.5. The van der Waals surface area contributed by atoms with Gasteiger partial charge in [-0.3, -0.25) is 9.98 Å². The smallest absolute Gasteiger partial charge is 0.0630 e. The van der Waals surface area contributed by atoms with E-state index in [-0.39, 0.29) is 0 Å². The van der Waals surface area contributed by atoms with Crippen LogP contribution in [0.1, 0.15) is 11.1 Å². The van der Waals surface area contributed by atoms with E-state index in [0.29, 0.717) is 0 Å². The highest BCUT2D eigenvalue weighted by atomic mass is 14.7. The normalized spacial score (nSPS) is 10.7. The van der Waals surface area contributed by atoms with Crippen LogP contribution < -0.4 is 0 Å². The van der Waals surface area contributed by atoms with Crippen LogP contribution in [0.15, 0.2) is 53.8 Å². The first-order chi connectivity index (χ1) is 7.34. The van der Waals surface area contributed by atoms with Crippen LogP contribution in [0.3, 0.4) is 0 Å². The minimum atomic E-state index is 0.962. The van der Waals surface area contributed by atoms with Crippen molar-refractivity contribution in [3.8, 4) is 0 Å². The molecule has 0 bridgehead atoms. The molecule has 0 aliphatic rings. The quantitative estimate of drug-likeness (QED) is 0.677. The van der Waals surface area contributed by atoms with Gasteiger partial charge in [-0.1, -0.05) is 23.8 Å². The van der Waals surface area contributed by atoms with Gasteiger partial charge in [0.1, 0.15) is 0 Å². The van der Waals surface area contributed by atoms with E-state index in [4.69, 9.17) is 0 Å². The zero-order valence-electron chi connectivity index (χ0n) is 8.59. The number of rotatable bonds is 2. The van der Waals surface area contributed by atoms with Crippen LogP contribution in [0.5, 0.6) is 0 Å². The van der Waals surface area contributed by atoms with E-state index in [1.807, 2.05) is 30.5 Å².